The van der Waals surface area contributed by atoms with E-state index in [1.807, 2.05) is 49.4 Å². The van der Waals surface area contributed by atoms with Gasteiger partial charge in [-0.1, -0.05) is 36.4 Å². The summed E-state index contributed by atoms with van der Waals surface area (Å²) in [6, 6.07) is 9.54. The molecule has 0 heterocycles. The number of rotatable bonds is 3. The molecule has 0 spiro atoms. The largest absolute Gasteiger partial charge is 0.283 e. The fourth-order valence-corrected chi connectivity index (χ4v) is 1.07. The number of nitrogens with one attached hydrogen (secondary N) is 1. The molecule has 0 amide bonds. The van der Waals surface area contributed by atoms with Crippen molar-refractivity contribution in [2.75, 3.05) is 7.05 Å². The molecular formula is C12H15N3. The molecule has 1 aromatic rings. The molecule has 1 aromatic carbocycles. The van der Waals surface area contributed by atoms with Gasteiger partial charge in [-0.05, 0) is 13.0 Å². The lowest BCUT2D eigenvalue weighted by Crippen LogP contribution is -2.21. The minimum Gasteiger partial charge on any atom is -0.283 e. The number of nitrogens with zero attached hydrogens (tertiary/aromatic N) is 2. The van der Waals surface area contributed by atoms with Crippen LogP contribution in [0.2, 0.25) is 0 Å². The lowest BCUT2D eigenvalue weighted by Gasteiger charge is -2.13. The standard InChI is InChI=1S/C12H15N3/c1-3-4-10-14-15(2)12(13)11-8-6-5-7-9-11/h3-10,13H,1-2H3/b4-3+,13-12?,14-10?. The number of allylic oxidation sites excluding steroid dienone is 2. The number of hydrazone groups is 1. The monoisotopic (exact) mass is 201 g/mol. The summed E-state index contributed by atoms with van der Waals surface area (Å²) in [5.41, 5.74) is 0.859. The Kier molecular flexibility index (Phi) is 4.29. The summed E-state index contributed by atoms with van der Waals surface area (Å²) in [6.45, 7) is 1.93. The van der Waals surface area contributed by atoms with Crippen molar-refractivity contribution in [1.29, 1.82) is 5.41 Å². The molecule has 0 atom stereocenters. The first-order valence-corrected chi connectivity index (χ1v) is 4.78. The van der Waals surface area contributed by atoms with Gasteiger partial charge in [0, 0.05) is 18.8 Å². The van der Waals surface area contributed by atoms with Gasteiger partial charge in [0.1, 0.15) is 5.84 Å². The predicted molar refractivity (Wildman–Crippen MR) is 64.3 cm³/mol. The molecule has 1 N–H and O–H groups in total. The first kappa shape index (κ1) is 11.2. The summed E-state index contributed by atoms with van der Waals surface area (Å²) in [6.07, 6.45) is 5.38. The van der Waals surface area contributed by atoms with E-state index in [9.17, 15) is 0 Å². The number of hydrogen-bond donors (Lipinski definition) is 1. The molecule has 0 saturated carbocycles. The van der Waals surface area contributed by atoms with Gasteiger partial charge in [-0.2, -0.15) is 5.10 Å². The highest BCUT2D eigenvalue weighted by atomic mass is 15.4. The average Bonchev–Trinajstić information content (AvgIpc) is 2.29. The second-order valence-electron chi connectivity index (χ2n) is 3.03. The fourth-order valence-electron chi connectivity index (χ4n) is 1.07. The molecule has 0 aromatic heterocycles. The fraction of sp³-hybridized carbons (Fsp3) is 0.167. The van der Waals surface area contributed by atoms with Gasteiger partial charge in [-0.15, -0.1) is 0 Å². The van der Waals surface area contributed by atoms with Crippen LogP contribution in [0.15, 0.2) is 47.6 Å². The summed E-state index contributed by atoms with van der Waals surface area (Å²) in [4.78, 5) is 0. The summed E-state index contributed by atoms with van der Waals surface area (Å²) < 4.78 is 0. The molecule has 0 aliphatic heterocycles. The highest BCUT2D eigenvalue weighted by molar-refractivity contribution is 5.96. The van der Waals surface area contributed by atoms with Gasteiger partial charge < -0.3 is 0 Å². The van der Waals surface area contributed by atoms with Gasteiger partial charge in [-0.3, -0.25) is 10.4 Å². The zero-order valence-corrected chi connectivity index (χ0v) is 9.01. The van der Waals surface area contributed by atoms with Crippen LogP contribution < -0.4 is 0 Å². The molecule has 0 unspecified atom stereocenters. The van der Waals surface area contributed by atoms with Gasteiger partial charge in [0.05, 0.1) is 0 Å². The lowest BCUT2D eigenvalue weighted by atomic mass is 10.2. The lowest BCUT2D eigenvalue weighted by molar-refractivity contribution is 0.545. The van der Waals surface area contributed by atoms with Crippen LogP contribution in [-0.4, -0.2) is 24.1 Å². The Balaban J connectivity index is 2.69. The number of benzene rings is 1. The third-order valence-electron chi connectivity index (χ3n) is 1.89. The summed E-state index contributed by atoms with van der Waals surface area (Å²) >= 11 is 0. The molecule has 0 aliphatic rings. The molecule has 15 heavy (non-hydrogen) atoms. The normalized spacial score (nSPS) is 11.1. The Hall–Kier alpha value is -1.90. The van der Waals surface area contributed by atoms with Crippen molar-refractivity contribution in [3.8, 4) is 0 Å². The van der Waals surface area contributed by atoms with Gasteiger partial charge in [-0.25, -0.2) is 0 Å². The van der Waals surface area contributed by atoms with E-state index < -0.39 is 0 Å². The van der Waals surface area contributed by atoms with Crippen LogP contribution in [0.5, 0.6) is 0 Å². The molecule has 78 valence electrons. The molecule has 3 heteroatoms. The molecule has 0 aliphatic carbocycles. The average molecular weight is 201 g/mol. The van der Waals surface area contributed by atoms with Gasteiger partial charge in [0.25, 0.3) is 0 Å². The third kappa shape index (κ3) is 3.38. The van der Waals surface area contributed by atoms with E-state index in [4.69, 9.17) is 5.41 Å². The Bertz CT molecular complexity index is 366. The van der Waals surface area contributed by atoms with Crippen molar-refractivity contribution in [2.24, 2.45) is 5.10 Å². The van der Waals surface area contributed by atoms with Crippen LogP contribution in [0.25, 0.3) is 0 Å². The second-order valence-corrected chi connectivity index (χ2v) is 3.03. The van der Waals surface area contributed by atoms with Crippen molar-refractivity contribution in [3.63, 3.8) is 0 Å². The van der Waals surface area contributed by atoms with Crippen LogP contribution in [-0.2, 0) is 0 Å². The van der Waals surface area contributed by atoms with E-state index in [1.165, 1.54) is 5.01 Å². The van der Waals surface area contributed by atoms with E-state index in [1.54, 1.807) is 13.3 Å². The molecule has 0 radical (unpaired) electrons. The Labute approximate surface area is 90.2 Å². The van der Waals surface area contributed by atoms with Crippen molar-refractivity contribution < 1.29 is 0 Å². The number of hydrogen-bond acceptors (Lipinski definition) is 2. The van der Waals surface area contributed by atoms with Crippen LogP contribution in [0.3, 0.4) is 0 Å². The molecule has 3 nitrogen and oxygen atoms in total. The zero-order valence-electron chi connectivity index (χ0n) is 9.01. The SMILES string of the molecule is C/C=C/C=NN(C)C(=N)c1ccccc1. The Morgan fingerprint density at radius 2 is 2.00 bits per heavy atom. The zero-order chi connectivity index (χ0) is 11.1. The maximum absolute atomic E-state index is 7.86. The molecular weight excluding hydrogens is 186 g/mol. The molecule has 0 saturated heterocycles. The quantitative estimate of drug-likeness (QED) is 0.455. The van der Waals surface area contributed by atoms with Crippen LogP contribution in [0.4, 0.5) is 0 Å². The summed E-state index contributed by atoms with van der Waals surface area (Å²) in [5, 5.41) is 13.5. The van der Waals surface area contributed by atoms with E-state index >= 15 is 0 Å². The van der Waals surface area contributed by atoms with Crippen LogP contribution >= 0.6 is 0 Å². The predicted octanol–water partition coefficient (Wildman–Crippen LogP) is 2.51. The summed E-state index contributed by atoms with van der Waals surface area (Å²) in [7, 11) is 1.76. The first-order valence-electron chi connectivity index (χ1n) is 4.78. The highest BCUT2D eigenvalue weighted by Crippen LogP contribution is 2.02. The van der Waals surface area contributed by atoms with Crippen molar-refractivity contribution in [3.05, 3.63) is 48.0 Å². The minimum atomic E-state index is 0.386. The van der Waals surface area contributed by atoms with Gasteiger partial charge >= 0.3 is 0 Å². The molecule has 0 fully saturated rings. The van der Waals surface area contributed by atoms with E-state index in [-0.39, 0.29) is 0 Å². The van der Waals surface area contributed by atoms with Crippen molar-refractivity contribution >= 4 is 12.1 Å². The van der Waals surface area contributed by atoms with Crippen molar-refractivity contribution in [1.82, 2.24) is 5.01 Å². The Morgan fingerprint density at radius 1 is 1.33 bits per heavy atom. The highest BCUT2D eigenvalue weighted by Gasteiger charge is 2.03. The van der Waals surface area contributed by atoms with Crippen LogP contribution in [0, 0.1) is 5.41 Å². The summed E-state index contributed by atoms with van der Waals surface area (Å²) in [5.74, 6) is 0.386. The van der Waals surface area contributed by atoms with E-state index in [0.717, 1.165) is 5.56 Å². The second kappa shape index (κ2) is 5.75. The number of amidine groups is 1. The van der Waals surface area contributed by atoms with Gasteiger partial charge in [0.15, 0.2) is 0 Å². The van der Waals surface area contributed by atoms with Crippen molar-refractivity contribution in [2.45, 2.75) is 6.92 Å². The minimum absolute atomic E-state index is 0.386. The maximum Gasteiger partial charge on any atom is 0.148 e. The Morgan fingerprint density at radius 3 is 2.60 bits per heavy atom. The van der Waals surface area contributed by atoms with Crippen LogP contribution in [0.1, 0.15) is 12.5 Å². The smallest absolute Gasteiger partial charge is 0.148 e. The van der Waals surface area contributed by atoms with E-state index in [0.29, 0.717) is 5.84 Å². The topological polar surface area (TPSA) is 39.5 Å². The maximum atomic E-state index is 7.86. The third-order valence-corrected chi connectivity index (χ3v) is 1.89. The van der Waals surface area contributed by atoms with E-state index in [2.05, 4.69) is 5.10 Å². The molecule has 1 rings (SSSR count). The van der Waals surface area contributed by atoms with Gasteiger partial charge in [0.2, 0.25) is 0 Å². The first-order chi connectivity index (χ1) is 7.25. The molecule has 0 bridgehead atoms.